The molecular weight excluding hydrogens is 478 g/mol. The summed E-state index contributed by atoms with van der Waals surface area (Å²) >= 11 is 0. The average Bonchev–Trinajstić information content (AvgIpc) is 3.22. The molecule has 3 rings (SSSR count). The fourth-order valence-corrected chi connectivity index (χ4v) is 4.12. The lowest BCUT2D eigenvalue weighted by Gasteiger charge is -2.33. The van der Waals surface area contributed by atoms with Gasteiger partial charge in [-0.1, -0.05) is 70.5 Å². The SMILES string of the molecule is C=C(C)CC(C)(c1cc(C(F)(F)F)cc(C(F)(F)F)c1)c1c(-c2ccccc2)n[nH]c1C.CC.CC. The van der Waals surface area contributed by atoms with E-state index >= 15 is 0 Å². The molecule has 198 valence electrons. The third-order valence-corrected chi connectivity index (χ3v) is 5.43. The van der Waals surface area contributed by atoms with Crippen molar-refractivity contribution in [3.63, 3.8) is 0 Å². The third kappa shape index (κ3) is 7.02. The Balaban J connectivity index is 0.00000154. The molecule has 0 fully saturated rings. The first-order valence-corrected chi connectivity index (χ1v) is 11.8. The van der Waals surface area contributed by atoms with Crippen LogP contribution in [0.5, 0.6) is 0 Å². The van der Waals surface area contributed by atoms with E-state index in [-0.39, 0.29) is 18.1 Å². The Morgan fingerprint density at radius 1 is 0.833 bits per heavy atom. The van der Waals surface area contributed by atoms with E-state index in [0.717, 1.165) is 12.1 Å². The van der Waals surface area contributed by atoms with Crippen molar-refractivity contribution in [2.75, 3.05) is 0 Å². The number of halogens is 6. The topological polar surface area (TPSA) is 28.7 Å². The Hall–Kier alpha value is -3.03. The molecule has 0 amide bonds. The predicted molar refractivity (Wildman–Crippen MR) is 134 cm³/mol. The lowest BCUT2D eigenvalue weighted by atomic mass is 9.70. The van der Waals surface area contributed by atoms with Crippen LogP contribution in [0.4, 0.5) is 26.3 Å². The van der Waals surface area contributed by atoms with Gasteiger partial charge in [-0.25, -0.2) is 0 Å². The molecule has 1 atom stereocenters. The molecule has 0 bridgehead atoms. The molecular formula is C28H34F6N2. The van der Waals surface area contributed by atoms with E-state index in [4.69, 9.17) is 0 Å². The van der Waals surface area contributed by atoms with Gasteiger partial charge in [0, 0.05) is 22.2 Å². The highest BCUT2D eigenvalue weighted by molar-refractivity contribution is 5.67. The predicted octanol–water partition coefficient (Wildman–Crippen LogP) is 9.75. The number of rotatable bonds is 5. The van der Waals surface area contributed by atoms with E-state index in [0.29, 0.717) is 28.1 Å². The Kier molecular flexibility index (Phi) is 10.6. The third-order valence-electron chi connectivity index (χ3n) is 5.43. The highest BCUT2D eigenvalue weighted by Gasteiger charge is 2.41. The quantitative estimate of drug-likeness (QED) is 0.267. The number of benzene rings is 2. The largest absolute Gasteiger partial charge is 0.416 e. The maximum Gasteiger partial charge on any atom is 0.416 e. The molecule has 8 heteroatoms. The van der Waals surface area contributed by atoms with E-state index < -0.39 is 28.9 Å². The minimum atomic E-state index is -4.94. The number of H-pyrrole nitrogens is 1. The summed E-state index contributed by atoms with van der Waals surface area (Å²) in [6.45, 7) is 16.9. The van der Waals surface area contributed by atoms with Crippen molar-refractivity contribution < 1.29 is 26.3 Å². The highest BCUT2D eigenvalue weighted by Crippen LogP contribution is 2.46. The molecule has 3 aromatic rings. The van der Waals surface area contributed by atoms with Crippen LogP contribution in [0, 0.1) is 6.92 Å². The second-order valence-electron chi connectivity index (χ2n) is 8.20. The summed E-state index contributed by atoms with van der Waals surface area (Å²) < 4.78 is 81.3. The van der Waals surface area contributed by atoms with Crippen LogP contribution in [0.25, 0.3) is 11.3 Å². The molecule has 0 saturated heterocycles. The van der Waals surface area contributed by atoms with Crippen molar-refractivity contribution >= 4 is 0 Å². The number of hydrogen-bond donors (Lipinski definition) is 1. The molecule has 36 heavy (non-hydrogen) atoms. The maximum absolute atomic E-state index is 13.5. The van der Waals surface area contributed by atoms with E-state index in [1.54, 1.807) is 51.1 Å². The Morgan fingerprint density at radius 3 is 1.69 bits per heavy atom. The van der Waals surface area contributed by atoms with Crippen LogP contribution in [-0.2, 0) is 17.8 Å². The molecule has 2 nitrogen and oxygen atoms in total. The average molecular weight is 513 g/mol. The van der Waals surface area contributed by atoms with Crippen LogP contribution in [0.3, 0.4) is 0 Å². The molecule has 1 N–H and O–H groups in total. The lowest BCUT2D eigenvalue weighted by Crippen LogP contribution is -2.27. The molecule has 1 unspecified atom stereocenters. The summed E-state index contributed by atoms with van der Waals surface area (Å²) in [5.41, 5.74) is -1.20. The highest BCUT2D eigenvalue weighted by atomic mass is 19.4. The zero-order chi connectivity index (χ0) is 27.9. The summed E-state index contributed by atoms with van der Waals surface area (Å²) in [6, 6.07) is 10.7. The van der Waals surface area contributed by atoms with Gasteiger partial charge in [-0.15, -0.1) is 6.58 Å². The Morgan fingerprint density at radius 2 is 1.28 bits per heavy atom. The number of aromatic amines is 1. The fraction of sp³-hybridized carbons (Fsp3) is 0.393. The molecule has 2 aromatic carbocycles. The summed E-state index contributed by atoms with van der Waals surface area (Å²) in [5.74, 6) is 0. The summed E-state index contributed by atoms with van der Waals surface area (Å²) in [7, 11) is 0. The van der Waals surface area contributed by atoms with Gasteiger partial charge < -0.3 is 0 Å². The van der Waals surface area contributed by atoms with Crippen molar-refractivity contribution in [3.05, 3.63) is 88.6 Å². The summed E-state index contributed by atoms with van der Waals surface area (Å²) in [6.07, 6.45) is -9.74. The Labute approximate surface area is 209 Å². The first-order valence-electron chi connectivity index (χ1n) is 11.8. The number of aromatic nitrogens is 2. The van der Waals surface area contributed by atoms with E-state index in [1.165, 1.54) is 0 Å². The van der Waals surface area contributed by atoms with Crippen molar-refractivity contribution in [3.8, 4) is 11.3 Å². The summed E-state index contributed by atoms with van der Waals surface area (Å²) in [4.78, 5) is 0. The normalized spacial score (nSPS) is 13.0. The van der Waals surface area contributed by atoms with Crippen LogP contribution < -0.4 is 0 Å². The van der Waals surface area contributed by atoms with Crippen LogP contribution in [-0.4, -0.2) is 10.2 Å². The minimum Gasteiger partial charge on any atom is -0.282 e. The van der Waals surface area contributed by atoms with Crippen molar-refractivity contribution in [1.29, 1.82) is 0 Å². The number of nitrogens with one attached hydrogen (secondary N) is 1. The van der Waals surface area contributed by atoms with Gasteiger partial charge in [0.2, 0.25) is 0 Å². The van der Waals surface area contributed by atoms with E-state index in [2.05, 4.69) is 16.8 Å². The van der Waals surface area contributed by atoms with Gasteiger partial charge >= 0.3 is 12.4 Å². The Bertz CT molecular complexity index is 1090. The standard InChI is InChI=1S/C24H22F6N2.2C2H6/c1-14(2)13-22(4,20-15(3)31-32-21(20)16-8-6-5-7-9-16)17-10-18(23(25,26)27)12-19(11-17)24(28,29)30;2*1-2/h5-12H,1,13H2,2-4H3,(H,31,32);2*1-2H3. The number of aryl methyl sites for hydroxylation is 1. The monoisotopic (exact) mass is 512 g/mol. The molecule has 0 radical (unpaired) electrons. The number of alkyl halides is 6. The molecule has 1 aromatic heterocycles. The van der Waals surface area contributed by atoms with Crippen molar-refractivity contribution in [1.82, 2.24) is 10.2 Å². The van der Waals surface area contributed by atoms with Crippen LogP contribution in [0.2, 0.25) is 0 Å². The minimum absolute atomic E-state index is 0.107. The zero-order valence-corrected chi connectivity index (χ0v) is 21.7. The second-order valence-corrected chi connectivity index (χ2v) is 8.20. The molecule has 0 saturated carbocycles. The van der Waals surface area contributed by atoms with Crippen LogP contribution in [0.1, 0.15) is 75.9 Å². The fourth-order valence-electron chi connectivity index (χ4n) is 4.12. The number of hydrogen-bond acceptors (Lipinski definition) is 1. The van der Waals surface area contributed by atoms with Gasteiger partial charge in [0.25, 0.3) is 0 Å². The zero-order valence-electron chi connectivity index (χ0n) is 21.7. The van der Waals surface area contributed by atoms with Gasteiger partial charge in [-0.2, -0.15) is 31.4 Å². The summed E-state index contributed by atoms with van der Waals surface area (Å²) in [5, 5.41) is 7.18. The van der Waals surface area contributed by atoms with Gasteiger partial charge in [0.1, 0.15) is 0 Å². The van der Waals surface area contributed by atoms with E-state index in [1.807, 2.05) is 27.7 Å². The van der Waals surface area contributed by atoms with Gasteiger partial charge in [-0.05, 0) is 44.0 Å². The smallest absolute Gasteiger partial charge is 0.282 e. The van der Waals surface area contributed by atoms with Crippen molar-refractivity contribution in [2.24, 2.45) is 0 Å². The van der Waals surface area contributed by atoms with Crippen LogP contribution in [0.15, 0.2) is 60.7 Å². The van der Waals surface area contributed by atoms with Gasteiger partial charge in [0.15, 0.2) is 0 Å². The van der Waals surface area contributed by atoms with E-state index in [9.17, 15) is 26.3 Å². The van der Waals surface area contributed by atoms with Crippen molar-refractivity contribution in [2.45, 2.75) is 72.7 Å². The van der Waals surface area contributed by atoms with Crippen LogP contribution >= 0.6 is 0 Å². The number of nitrogens with zero attached hydrogens (tertiary/aromatic N) is 1. The second kappa shape index (κ2) is 12.3. The molecule has 1 heterocycles. The first kappa shape index (κ1) is 31.0. The van der Waals surface area contributed by atoms with Gasteiger partial charge in [0.05, 0.1) is 16.8 Å². The maximum atomic E-state index is 13.5. The lowest BCUT2D eigenvalue weighted by molar-refractivity contribution is -0.143. The molecule has 0 aliphatic rings. The molecule has 0 aliphatic carbocycles. The molecule has 0 aliphatic heterocycles. The van der Waals surface area contributed by atoms with Gasteiger partial charge in [-0.3, -0.25) is 5.10 Å². The molecule has 0 spiro atoms. The first-order chi connectivity index (χ1) is 16.7. The number of allylic oxidation sites excluding steroid dienone is 1.